The van der Waals surface area contributed by atoms with E-state index in [1.54, 1.807) is 18.0 Å². The van der Waals surface area contributed by atoms with Gasteiger partial charge in [-0.05, 0) is 42.5 Å². The van der Waals surface area contributed by atoms with Gasteiger partial charge in [0.25, 0.3) is 0 Å². The average Bonchev–Trinajstić information content (AvgIpc) is 3.42. The fourth-order valence-electron chi connectivity index (χ4n) is 3.47. The van der Waals surface area contributed by atoms with Crippen LogP contribution in [0, 0.1) is 0 Å². The zero-order valence-electron chi connectivity index (χ0n) is 14.8. The number of aryl methyl sites for hydroxylation is 2. The van der Waals surface area contributed by atoms with Crippen molar-refractivity contribution in [3.63, 3.8) is 0 Å². The molecule has 0 atom stereocenters. The van der Waals surface area contributed by atoms with Gasteiger partial charge in [-0.3, -0.25) is 0 Å². The summed E-state index contributed by atoms with van der Waals surface area (Å²) < 4.78 is 5.47. The van der Waals surface area contributed by atoms with Crippen LogP contribution in [0.2, 0.25) is 0 Å². The van der Waals surface area contributed by atoms with E-state index in [9.17, 15) is 0 Å². The molecule has 0 spiro atoms. The highest BCUT2D eigenvalue weighted by atomic mass is 32.2. The summed E-state index contributed by atoms with van der Waals surface area (Å²) >= 11 is 3.52. The third kappa shape index (κ3) is 3.47. The van der Waals surface area contributed by atoms with Crippen LogP contribution >= 0.6 is 23.1 Å². The van der Waals surface area contributed by atoms with Crippen molar-refractivity contribution in [1.29, 1.82) is 0 Å². The number of thiophene rings is 1. The van der Waals surface area contributed by atoms with Gasteiger partial charge < -0.3 is 9.73 Å². The van der Waals surface area contributed by atoms with Gasteiger partial charge in [0, 0.05) is 10.6 Å². The molecule has 0 aliphatic heterocycles. The van der Waals surface area contributed by atoms with Crippen molar-refractivity contribution in [3.8, 4) is 0 Å². The molecule has 27 heavy (non-hydrogen) atoms. The quantitative estimate of drug-likeness (QED) is 0.337. The third-order valence-electron chi connectivity index (χ3n) is 4.77. The molecule has 3 heterocycles. The molecule has 1 aliphatic carbocycles. The maximum atomic E-state index is 5.47. The number of hydrogen-bond donors (Lipinski definition) is 1. The number of benzene rings is 1. The van der Waals surface area contributed by atoms with Crippen LogP contribution in [0.4, 0.5) is 5.82 Å². The van der Waals surface area contributed by atoms with Gasteiger partial charge in [-0.1, -0.05) is 42.1 Å². The molecule has 0 saturated heterocycles. The fraction of sp³-hybridized carbons (Fsp3) is 0.238. The molecule has 1 aliphatic rings. The first-order chi connectivity index (χ1) is 13.4. The molecule has 1 N–H and O–H groups in total. The molecule has 0 bridgehead atoms. The second-order valence-electron chi connectivity index (χ2n) is 6.60. The Labute approximate surface area is 166 Å². The highest BCUT2D eigenvalue weighted by Gasteiger charge is 2.22. The third-order valence-corrected chi connectivity index (χ3v) is 6.87. The fourth-order valence-corrected chi connectivity index (χ4v) is 5.59. The van der Waals surface area contributed by atoms with Crippen LogP contribution < -0.4 is 5.32 Å². The van der Waals surface area contributed by atoms with Crippen LogP contribution in [0.1, 0.15) is 28.2 Å². The van der Waals surface area contributed by atoms with Crippen molar-refractivity contribution in [3.05, 3.63) is 70.5 Å². The molecule has 0 unspecified atom stereocenters. The summed E-state index contributed by atoms with van der Waals surface area (Å²) in [6.07, 6.45) is 5.24. The Bertz CT molecular complexity index is 1060. The van der Waals surface area contributed by atoms with E-state index in [0.717, 1.165) is 33.7 Å². The van der Waals surface area contributed by atoms with E-state index in [2.05, 4.69) is 29.6 Å². The number of fused-ring (bicyclic) bond motifs is 3. The van der Waals surface area contributed by atoms with E-state index in [1.165, 1.54) is 34.2 Å². The standard InChI is InChI=1S/C21H19N3OS2/c1-2-6-14(7-3-1)13-26-21-23-19(22-12-15-8-5-11-25-15)18-16-9-4-10-17(16)27-20(18)24-21/h1-3,5-8,11H,4,9-10,12-13H2,(H,22,23,24). The summed E-state index contributed by atoms with van der Waals surface area (Å²) in [5.74, 6) is 2.72. The summed E-state index contributed by atoms with van der Waals surface area (Å²) in [4.78, 5) is 12.3. The summed E-state index contributed by atoms with van der Waals surface area (Å²) in [7, 11) is 0. The van der Waals surface area contributed by atoms with Crippen molar-refractivity contribution < 1.29 is 4.42 Å². The summed E-state index contributed by atoms with van der Waals surface area (Å²) in [6.45, 7) is 0.631. The minimum absolute atomic E-state index is 0.631. The number of thioether (sulfide) groups is 1. The van der Waals surface area contributed by atoms with Crippen molar-refractivity contribution >= 4 is 39.1 Å². The Hall–Kier alpha value is -2.31. The van der Waals surface area contributed by atoms with Crippen LogP contribution in [0.15, 0.2) is 58.3 Å². The summed E-state index contributed by atoms with van der Waals surface area (Å²) in [6, 6.07) is 14.4. The molecular weight excluding hydrogens is 374 g/mol. The molecule has 1 aromatic carbocycles. The first kappa shape index (κ1) is 16.8. The van der Waals surface area contributed by atoms with Crippen LogP contribution in [0.3, 0.4) is 0 Å². The highest BCUT2D eigenvalue weighted by molar-refractivity contribution is 7.98. The SMILES string of the molecule is c1ccc(CSc2nc(NCc3ccco3)c3c4c(sc3n2)CCC4)cc1. The predicted molar refractivity (Wildman–Crippen MR) is 111 cm³/mol. The molecule has 0 fully saturated rings. The van der Waals surface area contributed by atoms with E-state index < -0.39 is 0 Å². The van der Waals surface area contributed by atoms with Gasteiger partial charge >= 0.3 is 0 Å². The van der Waals surface area contributed by atoms with Crippen LogP contribution in [-0.4, -0.2) is 9.97 Å². The van der Waals surface area contributed by atoms with E-state index in [0.29, 0.717) is 6.54 Å². The van der Waals surface area contributed by atoms with Gasteiger partial charge in [0.05, 0.1) is 18.2 Å². The maximum absolute atomic E-state index is 5.47. The van der Waals surface area contributed by atoms with Crippen molar-refractivity contribution in [2.45, 2.75) is 36.7 Å². The van der Waals surface area contributed by atoms with Gasteiger partial charge in [0.1, 0.15) is 16.4 Å². The lowest BCUT2D eigenvalue weighted by Gasteiger charge is -2.09. The predicted octanol–water partition coefficient (Wildman–Crippen LogP) is 5.68. The van der Waals surface area contributed by atoms with Gasteiger partial charge in [-0.2, -0.15) is 0 Å². The van der Waals surface area contributed by atoms with Gasteiger partial charge in [0.15, 0.2) is 5.16 Å². The molecule has 0 radical (unpaired) electrons. The molecule has 0 amide bonds. The van der Waals surface area contributed by atoms with Crippen molar-refractivity contribution in [2.24, 2.45) is 0 Å². The lowest BCUT2D eigenvalue weighted by atomic mass is 10.2. The van der Waals surface area contributed by atoms with E-state index in [1.807, 2.05) is 29.5 Å². The number of aromatic nitrogens is 2. The van der Waals surface area contributed by atoms with Gasteiger partial charge in [0.2, 0.25) is 0 Å². The molecule has 136 valence electrons. The Balaban J connectivity index is 1.47. The minimum atomic E-state index is 0.631. The average molecular weight is 394 g/mol. The summed E-state index contributed by atoms with van der Waals surface area (Å²) in [5.41, 5.74) is 2.72. The zero-order valence-corrected chi connectivity index (χ0v) is 16.4. The van der Waals surface area contributed by atoms with Crippen LogP contribution in [0.25, 0.3) is 10.2 Å². The maximum Gasteiger partial charge on any atom is 0.191 e. The second kappa shape index (κ2) is 7.37. The number of nitrogens with zero attached hydrogens (tertiary/aromatic N) is 2. The second-order valence-corrected chi connectivity index (χ2v) is 8.63. The van der Waals surface area contributed by atoms with Gasteiger partial charge in [-0.15, -0.1) is 11.3 Å². The number of nitrogens with one attached hydrogen (secondary N) is 1. The first-order valence-electron chi connectivity index (χ1n) is 9.12. The Kier molecular flexibility index (Phi) is 4.59. The van der Waals surface area contributed by atoms with Gasteiger partial charge in [-0.25, -0.2) is 9.97 Å². The Morgan fingerprint density at radius 1 is 1.07 bits per heavy atom. The lowest BCUT2D eigenvalue weighted by Crippen LogP contribution is -2.03. The number of hydrogen-bond acceptors (Lipinski definition) is 6. The largest absolute Gasteiger partial charge is 0.467 e. The molecule has 4 aromatic rings. The monoisotopic (exact) mass is 393 g/mol. The first-order valence-corrected chi connectivity index (χ1v) is 10.9. The number of anilines is 1. The summed E-state index contributed by atoms with van der Waals surface area (Å²) in [5, 5.41) is 5.53. The Morgan fingerprint density at radius 3 is 2.85 bits per heavy atom. The number of furan rings is 1. The molecule has 4 nitrogen and oxygen atoms in total. The smallest absolute Gasteiger partial charge is 0.191 e. The molecule has 0 saturated carbocycles. The molecule has 5 rings (SSSR count). The van der Waals surface area contributed by atoms with Crippen LogP contribution in [-0.2, 0) is 25.1 Å². The molecule has 3 aromatic heterocycles. The van der Waals surface area contributed by atoms with Crippen LogP contribution in [0.5, 0.6) is 0 Å². The lowest BCUT2D eigenvalue weighted by molar-refractivity contribution is 0.518. The van der Waals surface area contributed by atoms with E-state index in [-0.39, 0.29) is 0 Å². The van der Waals surface area contributed by atoms with Crippen molar-refractivity contribution in [2.75, 3.05) is 5.32 Å². The minimum Gasteiger partial charge on any atom is -0.467 e. The topological polar surface area (TPSA) is 51.0 Å². The molecule has 6 heteroatoms. The van der Waals surface area contributed by atoms with E-state index >= 15 is 0 Å². The normalized spacial score (nSPS) is 13.2. The number of rotatable bonds is 6. The molecular formula is C21H19N3OS2. The van der Waals surface area contributed by atoms with E-state index in [4.69, 9.17) is 14.4 Å². The zero-order chi connectivity index (χ0) is 18.1. The van der Waals surface area contributed by atoms with Crippen molar-refractivity contribution in [1.82, 2.24) is 9.97 Å². The Morgan fingerprint density at radius 2 is 2.00 bits per heavy atom. The highest BCUT2D eigenvalue weighted by Crippen LogP contribution is 2.40.